The molecule has 1 fully saturated rings. The number of nitrogens with one attached hydrogen (secondary N) is 1. The van der Waals surface area contributed by atoms with Crippen LogP contribution in [0.25, 0.3) is 0 Å². The zero-order chi connectivity index (χ0) is 13.9. The predicted octanol–water partition coefficient (Wildman–Crippen LogP) is 0.453. The van der Waals surface area contributed by atoms with Gasteiger partial charge >= 0.3 is 0 Å². The summed E-state index contributed by atoms with van der Waals surface area (Å²) in [7, 11) is -1.55. The minimum Gasteiger partial charge on any atom is -0.374 e. The van der Waals surface area contributed by atoms with E-state index in [2.05, 4.69) is 30.5 Å². The summed E-state index contributed by atoms with van der Waals surface area (Å²) in [4.78, 5) is 6.11. The first-order chi connectivity index (χ1) is 8.97. The molecule has 2 heterocycles. The Bertz CT molecular complexity index is 538. The second-order valence-corrected chi connectivity index (χ2v) is 7.13. The third kappa shape index (κ3) is 4.22. The number of aromatic nitrogens is 1. The molecule has 0 saturated carbocycles. The van der Waals surface area contributed by atoms with Crippen LogP contribution in [0.2, 0.25) is 0 Å². The number of hydrogen-bond acceptors (Lipinski definition) is 5. The molecule has 1 aliphatic heterocycles. The lowest BCUT2D eigenvalue weighted by Crippen LogP contribution is -2.45. The second kappa shape index (κ2) is 6.27. The summed E-state index contributed by atoms with van der Waals surface area (Å²) in [6.45, 7) is 2.48. The van der Waals surface area contributed by atoms with Gasteiger partial charge in [0.25, 0.3) is 0 Å². The van der Waals surface area contributed by atoms with Crippen LogP contribution in [0, 0.1) is 0 Å². The van der Waals surface area contributed by atoms with Gasteiger partial charge in [-0.05, 0) is 29.0 Å². The van der Waals surface area contributed by atoms with E-state index in [1.54, 1.807) is 0 Å². The summed E-state index contributed by atoms with van der Waals surface area (Å²) in [6.07, 6.45) is 2.74. The van der Waals surface area contributed by atoms with Gasteiger partial charge in [0, 0.05) is 36.5 Å². The van der Waals surface area contributed by atoms with Crippen molar-refractivity contribution in [3.05, 3.63) is 22.9 Å². The van der Waals surface area contributed by atoms with Crippen molar-refractivity contribution >= 4 is 26.0 Å². The minimum absolute atomic E-state index is 0.117. The molecule has 1 aromatic rings. The molecule has 0 aromatic carbocycles. The molecule has 0 amide bonds. The van der Waals surface area contributed by atoms with Crippen molar-refractivity contribution in [3.63, 3.8) is 0 Å². The van der Waals surface area contributed by atoms with E-state index >= 15 is 0 Å². The molecule has 0 spiro atoms. The number of pyridine rings is 1. The fourth-order valence-electron chi connectivity index (χ4n) is 1.82. The molecule has 8 heteroatoms. The average Bonchev–Trinajstić information content (AvgIpc) is 2.37. The Hall–Kier alpha value is -0.540. The first-order valence-corrected chi connectivity index (χ1v) is 8.15. The number of rotatable bonds is 4. The van der Waals surface area contributed by atoms with Gasteiger partial charge in [0.05, 0.1) is 12.7 Å². The lowest BCUT2D eigenvalue weighted by atomic mass is 10.3. The fraction of sp³-hybridized carbons (Fsp3) is 0.545. The monoisotopic (exact) mass is 349 g/mol. The molecule has 2 rings (SSSR count). The summed E-state index contributed by atoms with van der Waals surface area (Å²) < 4.78 is 32.8. The molecule has 19 heavy (non-hydrogen) atoms. The van der Waals surface area contributed by atoms with Crippen molar-refractivity contribution in [2.75, 3.05) is 33.3 Å². The Labute approximate surface area is 121 Å². The van der Waals surface area contributed by atoms with Crippen molar-refractivity contribution in [3.8, 4) is 0 Å². The zero-order valence-corrected chi connectivity index (χ0v) is 12.9. The van der Waals surface area contributed by atoms with Gasteiger partial charge in [0.15, 0.2) is 0 Å². The second-order valence-electron chi connectivity index (χ2n) is 4.45. The first kappa shape index (κ1) is 14.9. The topological polar surface area (TPSA) is 71.5 Å². The summed E-state index contributed by atoms with van der Waals surface area (Å²) in [6, 6.07) is 1.52. The van der Waals surface area contributed by atoms with Crippen molar-refractivity contribution in [2.45, 2.75) is 11.0 Å². The smallest absolute Gasteiger partial charge is 0.242 e. The molecular weight excluding hydrogens is 334 g/mol. The van der Waals surface area contributed by atoms with Crippen molar-refractivity contribution in [2.24, 2.45) is 0 Å². The van der Waals surface area contributed by atoms with E-state index in [-0.39, 0.29) is 17.5 Å². The van der Waals surface area contributed by atoms with Gasteiger partial charge < -0.3 is 9.64 Å². The van der Waals surface area contributed by atoms with Crippen LogP contribution in [-0.2, 0) is 14.8 Å². The lowest BCUT2D eigenvalue weighted by Gasteiger charge is -2.30. The molecule has 106 valence electrons. The van der Waals surface area contributed by atoms with E-state index in [1.807, 2.05) is 7.05 Å². The molecule has 1 saturated heterocycles. The van der Waals surface area contributed by atoms with Crippen LogP contribution in [0.15, 0.2) is 27.8 Å². The van der Waals surface area contributed by atoms with Crippen LogP contribution in [0.1, 0.15) is 0 Å². The molecule has 1 aromatic heterocycles. The van der Waals surface area contributed by atoms with Gasteiger partial charge in [-0.25, -0.2) is 13.1 Å². The van der Waals surface area contributed by atoms with Gasteiger partial charge in [0.2, 0.25) is 10.0 Å². The Morgan fingerprint density at radius 2 is 2.37 bits per heavy atom. The van der Waals surface area contributed by atoms with Crippen molar-refractivity contribution in [1.29, 1.82) is 0 Å². The fourth-order valence-corrected chi connectivity index (χ4v) is 3.39. The van der Waals surface area contributed by atoms with Crippen LogP contribution in [0.4, 0.5) is 0 Å². The summed E-state index contributed by atoms with van der Waals surface area (Å²) >= 11 is 3.20. The van der Waals surface area contributed by atoms with Gasteiger partial charge in [-0.1, -0.05) is 0 Å². The number of ether oxygens (including phenoxy) is 1. The van der Waals surface area contributed by atoms with Gasteiger partial charge in [-0.15, -0.1) is 0 Å². The van der Waals surface area contributed by atoms with E-state index in [4.69, 9.17) is 4.74 Å². The number of likely N-dealkylation sites (N-methyl/N-ethyl adjacent to an activating group) is 1. The Kier molecular flexibility index (Phi) is 4.91. The molecule has 0 aliphatic carbocycles. The van der Waals surface area contributed by atoms with Crippen LogP contribution < -0.4 is 4.72 Å². The minimum atomic E-state index is -3.54. The molecule has 1 aliphatic rings. The Balaban J connectivity index is 1.98. The van der Waals surface area contributed by atoms with E-state index < -0.39 is 10.0 Å². The molecule has 0 radical (unpaired) electrons. The van der Waals surface area contributed by atoms with Crippen molar-refractivity contribution in [1.82, 2.24) is 14.6 Å². The van der Waals surface area contributed by atoms with E-state index in [0.717, 1.165) is 13.1 Å². The highest BCUT2D eigenvalue weighted by Gasteiger charge is 2.21. The standard InChI is InChI=1S/C11H16BrN3O3S/c1-15-2-3-18-10(8-15)6-14-19(16,17)11-4-9(12)5-13-7-11/h4-5,7,10,14H,2-3,6,8H2,1H3. The lowest BCUT2D eigenvalue weighted by molar-refractivity contribution is -0.0156. The maximum Gasteiger partial charge on any atom is 0.242 e. The summed E-state index contributed by atoms with van der Waals surface area (Å²) in [5.74, 6) is 0. The summed E-state index contributed by atoms with van der Waals surface area (Å²) in [5, 5.41) is 0. The molecule has 1 unspecified atom stereocenters. The van der Waals surface area contributed by atoms with Crippen molar-refractivity contribution < 1.29 is 13.2 Å². The normalized spacial score (nSPS) is 21.5. The SMILES string of the molecule is CN1CCOC(CNS(=O)(=O)c2cncc(Br)c2)C1. The Morgan fingerprint density at radius 3 is 3.05 bits per heavy atom. The maximum absolute atomic E-state index is 12.1. The molecular formula is C11H16BrN3O3S. The van der Waals surface area contributed by atoms with Gasteiger partial charge in [-0.2, -0.15) is 0 Å². The third-order valence-electron chi connectivity index (χ3n) is 2.83. The van der Waals surface area contributed by atoms with Crippen LogP contribution in [-0.4, -0.2) is 57.7 Å². The quantitative estimate of drug-likeness (QED) is 0.854. The third-order valence-corrected chi connectivity index (χ3v) is 4.66. The number of halogens is 1. The van der Waals surface area contributed by atoms with Gasteiger partial charge in [-0.3, -0.25) is 4.98 Å². The number of hydrogen-bond donors (Lipinski definition) is 1. The van der Waals surface area contributed by atoms with Gasteiger partial charge in [0.1, 0.15) is 4.90 Å². The van der Waals surface area contributed by atoms with E-state index in [0.29, 0.717) is 11.1 Å². The number of sulfonamides is 1. The highest BCUT2D eigenvalue weighted by Crippen LogP contribution is 2.14. The van der Waals surface area contributed by atoms with Crippen LogP contribution in [0.3, 0.4) is 0 Å². The molecule has 0 bridgehead atoms. The molecule has 1 N–H and O–H groups in total. The average molecular weight is 350 g/mol. The van der Waals surface area contributed by atoms with E-state index in [1.165, 1.54) is 18.5 Å². The van der Waals surface area contributed by atoms with E-state index in [9.17, 15) is 8.42 Å². The summed E-state index contributed by atoms with van der Waals surface area (Å²) in [5.41, 5.74) is 0. The highest BCUT2D eigenvalue weighted by molar-refractivity contribution is 9.10. The number of nitrogens with zero attached hydrogens (tertiary/aromatic N) is 2. The molecule has 1 atom stereocenters. The number of morpholine rings is 1. The Morgan fingerprint density at radius 1 is 1.58 bits per heavy atom. The van der Waals surface area contributed by atoms with Crippen LogP contribution in [0.5, 0.6) is 0 Å². The van der Waals surface area contributed by atoms with Crippen LogP contribution >= 0.6 is 15.9 Å². The predicted molar refractivity (Wildman–Crippen MR) is 74.4 cm³/mol. The maximum atomic E-state index is 12.1. The largest absolute Gasteiger partial charge is 0.374 e. The first-order valence-electron chi connectivity index (χ1n) is 5.88. The molecule has 6 nitrogen and oxygen atoms in total. The zero-order valence-electron chi connectivity index (χ0n) is 10.5. The highest BCUT2D eigenvalue weighted by atomic mass is 79.9.